The van der Waals surface area contributed by atoms with Crippen molar-refractivity contribution in [3.63, 3.8) is 0 Å². The van der Waals surface area contributed by atoms with Gasteiger partial charge < -0.3 is 0 Å². The monoisotopic (exact) mass is 294 g/mol. The number of aromatic nitrogens is 1. The molecule has 0 spiro atoms. The summed E-state index contributed by atoms with van der Waals surface area (Å²) in [5.74, 6) is 0. The van der Waals surface area contributed by atoms with Gasteiger partial charge in [-0.05, 0) is 27.5 Å². The molecule has 15 heavy (non-hydrogen) atoms. The molecule has 1 rings (SSSR count). The zero-order chi connectivity index (χ0) is 11.6. The molecule has 7 heteroatoms. The summed E-state index contributed by atoms with van der Waals surface area (Å²) in [6.07, 6.45) is -2.10. The fraction of sp³-hybridized carbons (Fsp3) is 0.125. The highest BCUT2D eigenvalue weighted by Crippen LogP contribution is 2.29. The zero-order valence-electron chi connectivity index (χ0n) is 6.97. The minimum Gasteiger partial charge on any atom is -0.276 e. The van der Waals surface area contributed by atoms with E-state index in [9.17, 15) is 13.6 Å². The summed E-state index contributed by atoms with van der Waals surface area (Å²) in [5, 5.41) is 7.57. The topological polar surface area (TPSA) is 53.8 Å². The number of pyridine rings is 1. The largest absolute Gasteiger partial charge is 0.276 e. The van der Waals surface area contributed by atoms with E-state index in [4.69, 9.17) is 16.9 Å². The molecule has 0 aliphatic heterocycles. The summed E-state index contributed by atoms with van der Waals surface area (Å²) >= 11 is 8.01. The van der Waals surface area contributed by atoms with E-state index in [1.165, 1.54) is 0 Å². The molecule has 0 saturated heterocycles. The summed E-state index contributed by atoms with van der Waals surface area (Å²) in [4.78, 5) is 14.5. The second-order valence-corrected chi connectivity index (χ2v) is 3.53. The van der Waals surface area contributed by atoms with E-state index in [1.54, 1.807) is 6.07 Å². The van der Waals surface area contributed by atoms with Gasteiger partial charge in [-0.25, -0.2) is 13.8 Å². The number of halogens is 4. The third-order valence-corrected chi connectivity index (χ3v) is 2.40. The molecule has 0 radical (unpaired) electrons. The minimum absolute atomic E-state index is 0.0124. The van der Waals surface area contributed by atoms with E-state index < -0.39 is 22.8 Å². The Labute approximate surface area is 96.8 Å². The molecule has 0 bridgehead atoms. The second-order valence-electron chi connectivity index (χ2n) is 2.44. The molecule has 0 aliphatic carbocycles. The first-order valence-electron chi connectivity index (χ1n) is 3.55. The van der Waals surface area contributed by atoms with Crippen molar-refractivity contribution in [2.24, 2.45) is 0 Å². The van der Waals surface area contributed by atoms with Crippen LogP contribution >= 0.6 is 27.5 Å². The van der Waals surface area contributed by atoms with Crippen LogP contribution in [0.2, 0.25) is 0 Å². The first kappa shape index (κ1) is 12.0. The lowest BCUT2D eigenvalue weighted by molar-refractivity contribution is 0.106. The number of carbonyl (C=O) groups is 1. The number of carbonyl (C=O) groups excluding carboxylic acids is 1. The Kier molecular flexibility index (Phi) is 3.72. The molecule has 1 aromatic heterocycles. The molecule has 1 heterocycles. The lowest BCUT2D eigenvalue weighted by Gasteiger charge is -2.06. The van der Waals surface area contributed by atoms with Crippen molar-refractivity contribution in [1.82, 2.24) is 4.98 Å². The molecule has 0 aliphatic rings. The summed E-state index contributed by atoms with van der Waals surface area (Å²) < 4.78 is 24.9. The van der Waals surface area contributed by atoms with Gasteiger partial charge in [-0.1, -0.05) is 0 Å². The fourth-order valence-electron chi connectivity index (χ4n) is 0.982. The summed E-state index contributed by atoms with van der Waals surface area (Å²) in [7, 11) is 0. The quantitative estimate of drug-likeness (QED) is 0.622. The second kappa shape index (κ2) is 4.64. The predicted octanol–water partition coefficient (Wildman–Crippen LogP) is 3.03. The van der Waals surface area contributed by atoms with E-state index >= 15 is 0 Å². The average molecular weight is 295 g/mol. The summed E-state index contributed by atoms with van der Waals surface area (Å²) in [5.41, 5.74) is -1.43. The van der Waals surface area contributed by atoms with E-state index in [-0.39, 0.29) is 10.2 Å². The number of rotatable bonds is 2. The van der Waals surface area contributed by atoms with Crippen molar-refractivity contribution in [2.75, 3.05) is 0 Å². The van der Waals surface area contributed by atoms with Crippen LogP contribution in [0.25, 0.3) is 0 Å². The molecule has 0 fully saturated rings. The molecule has 0 saturated carbocycles. The highest BCUT2D eigenvalue weighted by molar-refractivity contribution is 9.10. The maximum Gasteiger partial charge on any atom is 0.266 e. The van der Waals surface area contributed by atoms with Crippen LogP contribution in [0.15, 0.2) is 10.8 Å². The van der Waals surface area contributed by atoms with Gasteiger partial charge in [-0.15, -0.1) is 0 Å². The van der Waals surface area contributed by atoms with Gasteiger partial charge in [0.15, 0.2) is 0 Å². The van der Waals surface area contributed by atoms with Crippen LogP contribution < -0.4 is 0 Å². The highest BCUT2D eigenvalue weighted by atomic mass is 79.9. The molecule has 0 unspecified atom stereocenters. The average Bonchev–Trinajstić information content (AvgIpc) is 2.16. The smallest absolute Gasteiger partial charge is 0.266 e. The van der Waals surface area contributed by atoms with Gasteiger partial charge in [0.25, 0.3) is 11.7 Å². The van der Waals surface area contributed by atoms with Gasteiger partial charge in [0, 0.05) is 11.8 Å². The van der Waals surface area contributed by atoms with Crippen LogP contribution in [-0.2, 0) is 0 Å². The third-order valence-electron chi connectivity index (χ3n) is 1.61. The minimum atomic E-state index is -2.91. The molecule has 0 amide bonds. The van der Waals surface area contributed by atoms with Crippen molar-refractivity contribution in [1.29, 1.82) is 5.26 Å². The number of nitriles is 1. The van der Waals surface area contributed by atoms with Gasteiger partial charge in [0.1, 0.15) is 10.7 Å². The Morgan fingerprint density at radius 1 is 1.67 bits per heavy atom. The normalized spacial score (nSPS) is 10.1. The van der Waals surface area contributed by atoms with Gasteiger partial charge in [0.05, 0.1) is 11.1 Å². The van der Waals surface area contributed by atoms with Crippen molar-refractivity contribution >= 4 is 32.8 Å². The zero-order valence-corrected chi connectivity index (χ0v) is 9.31. The van der Waals surface area contributed by atoms with Gasteiger partial charge in [-0.3, -0.25) is 4.79 Å². The van der Waals surface area contributed by atoms with Crippen LogP contribution in [0.5, 0.6) is 0 Å². The van der Waals surface area contributed by atoms with E-state index in [2.05, 4.69) is 20.9 Å². The highest BCUT2D eigenvalue weighted by Gasteiger charge is 2.23. The molecular weight excluding hydrogens is 293 g/mol. The third kappa shape index (κ3) is 2.30. The molecule has 0 atom stereocenters. The van der Waals surface area contributed by atoms with Crippen LogP contribution in [0.1, 0.15) is 27.9 Å². The number of hydrogen-bond donors (Lipinski definition) is 0. The maximum absolute atomic E-state index is 12.5. The van der Waals surface area contributed by atoms with E-state index in [1.807, 2.05) is 0 Å². The first-order valence-corrected chi connectivity index (χ1v) is 4.72. The van der Waals surface area contributed by atoms with Crippen molar-refractivity contribution < 1.29 is 13.6 Å². The number of hydrogen-bond acceptors (Lipinski definition) is 3. The maximum atomic E-state index is 12.5. The molecule has 1 aromatic rings. The number of nitrogens with zero attached hydrogens (tertiary/aromatic N) is 2. The fourth-order valence-corrected chi connectivity index (χ4v) is 1.57. The lowest BCUT2D eigenvalue weighted by atomic mass is 10.1. The SMILES string of the molecule is N#Cc1c(Br)ncc(C(F)F)c1C(=O)Cl. The summed E-state index contributed by atoms with van der Waals surface area (Å²) in [6, 6.07) is 1.59. The molecular formula is C8H2BrClF2N2O. The first-order chi connectivity index (χ1) is 6.99. The lowest BCUT2D eigenvalue weighted by Crippen LogP contribution is -2.04. The van der Waals surface area contributed by atoms with Crippen LogP contribution in [0, 0.1) is 11.3 Å². The predicted molar refractivity (Wildman–Crippen MR) is 51.8 cm³/mol. The van der Waals surface area contributed by atoms with Gasteiger partial charge in [-0.2, -0.15) is 5.26 Å². The summed E-state index contributed by atoms with van der Waals surface area (Å²) in [6.45, 7) is 0. The Bertz CT molecular complexity index is 459. The van der Waals surface area contributed by atoms with Crippen molar-refractivity contribution in [2.45, 2.75) is 6.43 Å². The van der Waals surface area contributed by atoms with Crippen molar-refractivity contribution in [3.8, 4) is 6.07 Å². The van der Waals surface area contributed by atoms with Crippen molar-refractivity contribution in [3.05, 3.63) is 27.5 Å². The Morgan fingerprint density at radius 2 is 2.27 bits per heavy atom. The van der Waals surface area contributed by atoms with Crippen LogP contribution in [0.3, 0.4) is 0 Å². The van der Waals surface area contributed by atoms with Crippen LogP contribution in [0.4, 0.5) is 8.78 Å². The molecule has 3 nitrogen and oxygen atoms in total. The standard InChI is InChI=1S/C8H2BrClF2N2O/c9-6-3(1-13)5(7(10)15)4(2-14-6)8(11)12/h2,8H. The van der Waals surface area contributed by atoms with E-state index in [0.29, 0.717) is 0 Å². The molecule has 0 aromatic carbocycles. The Hall–Kier alpha value is -1.06. The van der Waals surface area contributed by atoms with Crippen LogP contribution in [-0.4, -0.2) is 10.2 Å². The number of alkyl halides is 2. The van der Waals surface area contributed by atoms with E-state index in [0.717, 1.165) is 6.20 Å². The Morgan fingerprint density at radius 3 is 2.67 bits per heavy atom. The van der Waals surface area contributed by atoms with Gasteiger partial charge >= 0.3 is 0 Å². The Balaban J connectivity index is 3.58. The molecule has 0 N–H and O–H groups in total. The van der Waals surface area contributed by atoms with Gasteiger partial charge in [0.2, 0.25) is 0 Å². The molecule has 78 valence electrons.